The zero-order valence-corrected chi connectivity index (χ0v) is 24.9. The highest BCUT2D eigenvalue weighted by atomic mass is 19.4. The lowest BCUT2D eigenvalue weighted by atomic mass is 9.99. The maximum Gasteiger partial charge on any atom is 0.407 e. The number of alkyl halides is 3. The summed E-state index contributed by atoms with van der Waals surface area (Å²) in [5, 5.41) is 0. The van der Waals surface area contributed by atoms with E-state index >= 15 is 0 Å². The molecule has 0 aliphatic carbocycles. The SMILES string of the molecule is C=C(C=O)c1cc(F)c(C)cc1N(Cc1ccc(NNC(C)(C)C(F)(F)F)cn1)C(CC)CCC.CC.CC. The molecule has 1 aromatic carbocycles. The summed E-state index contributed by atoms with van der Waals surface area (Å²) >= 11 is 0. The van der Waals surface area contributed by atoms with Crippen LogP contribution in [0.5, 0.6) is 0 Å². The van der Waals surface area contributed by atoms with Crippen LogP contribution in [0.3, 0.4) is 0 Å². The Kier molecular flexibility index (Phi) is 15.6. The van der Waals surface area contributed by atoms with Gasteiger partial charge in [0.05, 0.1) is 24.1 Å². The zero-order valence-electron chi connectivity index (χ0n) is 24.9. The number of nitrogens with zero attached hydrogens (tertiary/aromatic N) is 2. The number of hydrazine groups is 1. The number of hydrogen-bond acceptors (Lipinski definition) is 5. The first-order valence-corrected chi connectivity index (χ1v) is 13.6. The van der Waals surface area contributed by atoms with Gasteiger partial charge in [0.1, 0.15) is 17.6 Å². The summed E-state index contributed by atoms with van der Waals surface area (Å²) in [5.74, 6) is -0.418. The fourth-order valence-electron chi connectivity index (χ4n) is 3.61. The minimum Gasteiger partial charge on any atom is -0.362 e. The average Bonchev–Trinajstić information content (AvgIpc) is 2.92. The van der Waals surface area contributed by atoms with Crippen molar-refractivity contribution < 1.29 is 22.4 Å². The van der Waals surface area contributed by atoms with Gasteiger partial charge in [-0.2, -0.15) is 13.2 Å². The zero-order chi connectivity index (χ0) is 30.4. The second-order valence-corrected chi connectivity index (χ2v) is 9.15. The molecule has 0 spiro atoms. The predicted molar refractivity (Wildman–Crippen MR) is 155 cm³/mol. The Morgan fingerprint density at radius 3 is 2.21 bits per heavy atom. The van der Waals surface area contributed by atoms with Crippen molar-refractivity contribution in [2.24, 2.45) is 0 Å². The van der Waals surface area contributed by atoms with Crippen LogP contribution in [-0.4, -0.2) is 29.0 Å². The monoisotopic (exact) mass is 554 g/mol. The van der Waals surface area contributed by atoms with Crippen LogP contribution < -0.4 is 15.8 Å². The van der Waals surface area contributed by atoms with Crippen molar-refractivity contribution in [3.05, 3.63) is 59.7 Å². The molecule has 1 aromatic heterocycles. The first-order chi connectivity index (χ1) is 18.3. The predicted octanol–water partition coefficient (Wildman–Crippen LogP) is 8.64. The fourth-order valence-corrected chi connectivity index (χ4v) is 3.61. The van der Waals surface area contributed by atoms with Gasteiger partial charge in [-0.05, 0) is 63.4 Å². The average molecular weight is 555 g/mol. The molecule has 1 heterocycles. The number of nitrogens with one attached hydrogen (secondary N) is 2. The molecule has 0 amide bonds. The number of aryl methyl sites for hydroxylation is 1. The highest BCUT2D eigenvalue weighted by Crippen LogP contribution is 2.33. The normalized spacial score (nSPS) is 11.8. The van der Waals surface area contributed by atoms with E-state index in [0.717, 1.165) is 33.1 Å². The van der Waals surface area contributed by atoms with E-state index in [4.69, 9.17) is 0 Å². The lowest BCUT2D eigenvalue weighted by molar-refractivity contribution is -0.184. The number of aromatic nitrogens is 1. The fraction of sp³-hybridized carbons (Fsp3) is 0.533. The van der Waals surface area contributed by atoms with Crippen molar-refractivity contribution >= 4 is 23.2 Å². The van der Waals surface area contributed by atoms with Crippen LogP contribution in [0.1, 0.15) is 91.5 Å². The summed E-state index contributed by atoms with van der Waals surface area (Å²) in [6, 6.07) is 6.51. The number of carbonyl (C=O) groups is 1. The number of rotatable bonds is 12. The molecule has 0 aliphatic heterocycles. The quantitative estimate of drug-likeness (QED) is 0.119. The number of anilines is 2. The Morgan fingerprint density at radius 1 is 1.13 bits per heavy atom. The molecule has 220 valence electrons. The van der Waals surface area contributed by atoms with Crippen molar-refractivity contribution in [2.75, 3.05) is 10.3 Å². The molecule has 0 aliphatic rings. The van der Waals surface area contributed by atoms with Crippen LogP contribution in [0.4, 0.5) is 28.9 Å². The van der Waals surface area contributed by atoms with E-state index in [1.807, 2.05) is 27.7 Å². The largest absolute Gasteiger partial charge is 0.407 e. The number of pyridine rings is 1. The summed E-state index contributed by atoms with van der Waals surface area (Å²) in [5.41, 5.74) is 5.52. The van der Waals surface area contributed by atoms with Crippen LogP contribution in [0.15, 0.2) is 37.0 Å². The van der Waals surface area contributed by atoms with E-state index in [1.54, 1.807) is 25.1 Å². The smallest absolute Gasteiger partial charge is 0.362 e. The standard InChI is InChI=1S/C26H34F4N4O.2C2H6/c1-7-9-21(8-2)34(24-12-17(3)23(27)13-22(24)18(4)16-35)15-20-11-10-19(14-31-20)32-33-25(5,6)26(28,29)30;2*1-2/h10-14,16,21,32-33H,4,7-9,15H2,1-3,5-6H3;2*1-2H3. The van der Waals surface area contributed by atoms with Gasteiger partial charge in [0.25, 0.3) is 0 Å². The van der Waals surface area contributed by atoms with Gasteiger partial charge in [-0.25, -0.2) is 9.82 Å². The molecule has 0 saturated carbocycles. The second kappa shape index (κ2) is 16.9. The van der Waals surface area contributed by atoms with E-state index in [0.29, 0.717) is 41.0 Å². The molecule has 0 saturated heterocycles. The van der Waals surface area contributed by atoms with Gasteiger partial charge < -0.3 is 10.3 Å². The van der Waals surface area contributed by atoms with Gasteiger partial charge in [-0.15, -0.1) is 0 Å². The van der Waals surface area contributed by atoms with E-state index in [2.05, 4.69) is 41.2 Å². The maximum atomic E-state index is 14.4. The second-order valence-electron chi connectivity index (χ2n) is 9.15. The van der Waals surface area contributed by atoms with Crippen molar-refractivity contribution in [2.45, 2.75) is 106 Å². The van der Waals surface area contributed by atoms with Gasteiger partial charge in [-0.3, -0.25) is 9.78 Å². The first kappa shape index (κ1) is 36.1. The van der Waals surface area contributed by atoms with Gasteiger partial charge >= 0.3 is 6.18 Å². The number of benzene rings is 1. The lowest BCUT2D eigenvalue weighted by Crippen LogP contribution is -2.54. The summed E-state index contributed by atoms with van der Waals surface area (Å²) < 4.78 is 53.6. The summed E-state index contributed by atoms with van der Waals surface area (Å²) in [6.07, 6.45) is 0.244. The summed E-state index contributed by atoms with van der Waals surface area (Å²) in [6.45, 7) is 20.0. The van der Waals surface area contributed by atoms with E-state index in [1.165, 1.54) is 12.3 Å². The van der Waals surface area contributed by atoms with E-state index in [-0.39, 0.29) is 11.6 Å². The Labute approximate surface area is 232 Å². The maximum absolute atomic E-state index is 14.4. The van der Waals surface area contributed by atoms with Crippen molar-refractivity contribution in [3.8, 4) is 0 Å². The molecule has 1 atom stereocenters. The first-order valence-electron chi connectivity index (χ1n) is 13.6. The third-order valence-corrected chi connectivity index (χ3v) is 5.99. The van der Waals surface area contributed by atoms with E-state index < -0.39 is 17.5 Å². The molecular weight excluding hydrogens is 508 g/mol. The minimum atomic E-state index is -4.43. The Bertz CT molecular complexity index is 1020. The van der Waals surface area contributed by atoms with Crippen LogP contribution >= 0.6 is 0 Å². The molecule has 0 radical (unpaired) electrons. The molecule has 5 nitrogen and oxygen atoms in total. The van der Waals surface area contributed by atoms with Crippen LogP contribution in [0.25, 0.3) is 5.57 Å². The van der Waals surface area contributed by atoms with Gasteiger partial charge in [0.15, 0.2) is 0 Å². The van der Waals surface area contributed by atoms with Crippen LogP contribution in [0.2, 0.25) is 0 Å². The Hall–Kier alpha value is -2.94. The van der Waals surface area contributed by atoms with Crippen molar-refractivity contribution in [3.63, 3.8) is 0 Å². The minimum absolute atomic E-state index is 0.0944. The molecule has 9 heteroatoms. The summed E-state index contributed by atoms with van der Waals surface area (Å²) in [4.78, 5) is 18.0. The molecular formula is C30H46F4N4O. The number of halogens is 4. The molecule has 2 N–H and O–H groups in total. The van der Waals surface area contributed by atoms with Crippen molar-refractivity contribution in [1.29, 1.82) is 0 Å². The Balaban J connectivity index is 0.00000344. The van der Waals surface area contributed by atoms with Crippen molar-refractivity contribution in [1.82, 2.24) is 10.4 Å². The number of allylic oxidation sites excluding steroid dienone is 1. The third-order valence-electron chi connectivity index (χ3n) is 5.99. The third kappa shape index (κ3) is 10.3. The van der Waals surface area contributed by atoms with Crippen LogP contribution in [0, 0.1) is 12.7 Å². The number of hydrogen-bond donors (Lipinski definition) is 2. The topological polar surface area (TPSA) is 57.3 Å². The van der Waals surface area contributed by atoms with Crippen LogP contribution in [-0.2, 0) is 11.3 Å². The summed E-state index contributed by atoms with van der Waals surface area (Å²) in [7, 11) is 0. The molecule has 2 aromatic rings. The van der Waals surface area contributed by atoms with Gasteiger partial charge in [0.2, 0.25) is 0 Å². The highest BCUT2D eigenvalue weighted by Gasteiger charge is 2.47. The molecule has 39 heavy (non-hydrogen) atoms. The molecule has 1 unspecified atom stereocenters. The van der Waals surface area contributed by atoms with Gasteiger partial charge in [0, 0.05) is 22.9 Å². The highest BCUT2D eigenvalue weighted by molar-refractivity contribution is 6.08. The number of carbonyl (C=O) groups excluding carboxylic acids is 1. The lowest BCUT2D eigenvalue weighted by Gasteiger charge is -2.35. The van der Waals surface area contributed by atoms with E-state index in [9.17, 15) is 22.4 Å². The molecule has 2 rings (SSSR count). The Morgan fingerprint density at radius 2 is 1.74 bits per heavy atom. The molecule has 0 fully saturated rings. The molecule has 0 bridgehead atoms. The number of aldehydes is 1. The van der Waals surface area contributed by atoms with Gasteiger partial charge in [-0.1, -0.05) is 54.5 Å².